The van der Waals surface area contributed by atoms with Crippen LogP contribution in [0.2, 0.25) is 0 Å². The zero-order valence-corrected chi connectivity index (χ0v) is 35.7. The summed E-state index contributed by atoms with van der Waals surface area (Å²) in [6.07, 6.45) is 39.7. The van der Waals surface area contributed by atoms with Crippen molar-refractivity contribution in [1.29, 1.82) is 0 Å². The normalized spacial score (nSPS) is 11.9. The molecule has 0 spiro atoms. The summed E-state index contributed by atoms with van der Waals surface area (Å²) in [4.78, 5) is 5.55. The van der Waals surface area contributed by atoms with Gasteiger partial charge in [-0.1, -0.05) is 204 Å². The van der Waals surface area contributed by atoms with Crippen LogP contribution in [0.3, 0.4) is 0 Å². The van der Waals surface area contributed by atoms with E-state index in [1.165, 1.54) is 219 Å². The minimum Gasteiger partial charge on any atom is -0.303 e. The SMILES string of the molecule is CC(C)CCCCCN(CCCCCC(C)C)CCCCCC(C)C.CCCCCCCCN(CCCCCC)CCCCCCCC. The molecule has 0 aliphatic rings. The molecule has 0 N–H and O–H groups in total. The Labute approximate surface area is 308 Å². The smallest absolute Gasteiger partial charge is 0.00187 e. The monoisotopic (exact) mass is 679 g/mol. The summed E-state index contributed by atoms with van der Waals surface area (Å²) in [5, 5.41) is 0. The van der Waals surface area contributed by atoms with E-state index in [2.05, 4.69) is 72.1 Å². The average Bonchev–Trinajstić information content (AvgIpc) is 3.04. The number of unbranched alkanes of at least 4 members (excludes halogenated alkanes) is 19. The Hall–Kier alpha value is -0.0800. The van der Waals surface area contributed by atoms with Gasteiger partial charge in [-0.25, -0.2) is 0 Å². The second-order valence-corrected chi connectivity index (χ2v) is 17.0. The van der Waals surface area contributed by atoms with Gasteiger partial charge in [-0.15, -0.1) is 0 Å². The molecular weight excluding hydrogens is 581 g/mol. The van der Waals surface area contributed by atoms with Gasteiger partial charge in [0, 0.05) is 0 Å². The fourth-order valence-electron chi connectivity index (χ4n) is 6.86. The average molecular weight is 679 g/mol. The minimum absolute atomic E-state index is 0.873. The molecular formula is C46H98N2. The van der Waals surface area contributed by atoms with Crippen LogP contribution < -0.4 is 0 Å². The van der Waals surface area contributed by atoms with E-state index in [0.717, 1.165) is 17.8 Å². The van der Waals surface area contributed by atoms with E-state index in [1.807, 2.05) is 0 Å². The Kier molecular flexibility index (Phi) is 43.1. The second-order valence-electron chi connectivity index (χ2n) is 17.0. The van der Waals surface area contributed by atoms with Gasteiger partial charge in [-0.2, -0.15) is 0 Å². The molecule has 0 radical (unpaired) electrons. The first-order valence-electron chi connectivity index (χ1n) is 22.7. The molecule has 48 heavy (non-hydrogen) atoms. The predicted molar refractivity (Wildman–Crippen MR) is 224 cm³/mol. The summed E-state index contributed by atoms with van der Waals surface area (Å²) in [7, 11) is 0. The van der Waals surface area contributed by atoms with Crippen molar-refractivity contribution in [2.24, 2.45) is 17.8 Å². The van der Waals surface area contributed by atoms with Gasteiger partial charge in [-0.05, 0) is 95.5 Å². The first-order valence-corrected chi connectivity index (χ1v) is 22.7. The molecule has 0 rings (SSSR count). The van der Waals surface area contributed by atoms with E-state index in [1.54, 1.807) is 0 Å². The summed E-state index contributed by atoms with van der Waals surface area (Å²) in [5.41, 5.74) is 0. The summed E-state index contributed by atoms with van der Waals surface area (Å²) < 4.78 is 0. The van der Waals surface area contributed by atoms with Crippen LogP contribution in [-0.2, 0) is 0 Å². The molecule has 0 amide bonds. The van der Waals surface area contributed by atoms with Crippen molar-refractivity contribution in [2.75, 3.05) is 39.3 Å². The third-order valence-electron chi connectivity index (χ3n) is 10.3. The standard InChI is InChI=1S/C24H51N.C22H47N/c1-22(2)16-10-7-13-19-25(20-14-8-11-17-23(3)4)21-15-9-12-18-24(5)6;1-4-7-10-13-15-18-21-23(20-17-12-9-6-3)22-19-16-14-11-8-5-2/h22-24H,7-21H2,1-6H3;4-22H2,1-3H3. The maximum Gasteiger partial charge on any atom is -0.00187 e. The lowest BCUT2D eigenvalue weighted by atomic mass is 10.0. The first-order chi connectivity index (χ1) is 23.3. The van der Waals surface area contributed by atoms with E-state index in [4.69, 9.17) is 0 Å². The lowest BCUT2D eigenvalue weighted by Crippen LogP contribution is -2.27. The van der Waals surface area contributed by atoms with Gasteiger partial charge in [0.05, 0.1) is 0 Å². The molecule has 0 saturated carbocycles. The highest BCUT2D eigenvalue weighted by Gasteiger charge is 2.07. The quantitative estimate of drug-likeness (QED) is 0.0603. The van der Waals surface area contributed by atoms with Crippen LogP contribution in [0.1, 0.15) is 242 Å². The van der Waals surface area contributed by atoms with Crippen molar-refractivity contribution in [3.63, 3.8) is 0 Å². The molecule has 0 heterocycles. The summed E-state index contributed by atoms with van der Waals surface area (Å²) in [5.74, 6) is 2.62. The second kappa shape index (κ2) is 41.3. The lowest BCUT2D eigenvalue weighted by Gasteiger charge is -2.22. The third kappa shape index (κ3) is 43.9. The molecule has 0 aliphatic heterocycles. The number of hydrogen-bond acceptors (Lipinski definition) is 2. The summed E-state index contributed by atoms with van der Waals surface area (Å²) in [6, 6.07) is 0. The van der Waals surface area contributed by atoms with Gasteiger partial charge in [0.2, 0.25) is 0 Å². The summed E-state index contributed by atoms with van der Waals surface area (Å²) in [6.45, 7) is 29.1. The molecule has 0 atom stereocenters. The van der Waals surface area contributed by atoms with Crippen LogP contribution in [0.15, 0.2) is 0 Å². The lowest BCUT2D eigenvalue weighted by molar-refractivity contribution is 0.252. The van der Waals surface area contributed by atoms with Crippen LogP contribution in [0.5, 0.6) is 0 Å². The Morgan fingerprint density at radius 3 is 0.667 bits per heavy atom. The van der Waals surface area contributed by atoms with Crippen molar-refractivity contribution in [2.45, 2.75) is 242 Å². The molecule has 0 fully saturated rings. The van der Waals surface area contributed by atoms with Crippen LogP contribution in [0.25, 0.3) is 0 Å². The maximum absolute atomic E-state index is 2.78. The maximum atomic E-state index is 2.78. The first kappa shape index (κ1) is 50.0. The van der Waals surface area contributed by atoms with Gasteiger partial charge in [0.1, 0.15) is 0 Å². The van der Waals surface area contributed by atoms with E-state index < -0.39 is 0 Å². The number of hydrogen-bond donors (Lipinski definition) is 0. The Balaban J connectivity index is 0. The number of rotatable bonds is 37. The van der Waals surface area contributed by atoms with Gasteiger partial charge in [0.25, 0.3) is 0 Å². The predicted octanol–water partition coefficient (Wildman–Crippen LogP) is 15.5. The molecule has 2 nitrogen and oxygen atoms in total. The van der Waals surface area contributed by atoms with E-state index in [9.17, 15) is 0 Å². The van der Waals surface area contributed by atoms with Gasteiger partial charge in [-0.3, -0.25) is 0 Å². The molecule has 0 unspecified atom stereocenters. The van der Waals surface area contributed by atoms with E-state index >= 15 is 0 Å². The highest BCUT2D eigenvalue weighted by atomic mass is 15.1. The molecule has 0 aliphatic carbocycles. The van der Waals surface area contributed by atoms with Crippen LogP contribution >= 0.6 is 0 Å². The third-order valence-corrected chi connectivity index (χ3v) is 10.3. The molecule has 292 valence electrons. The largest absolute Gasteiger partial charge is 0.303 e. The zero-order valence-electron chi connectivity index (χ0n) is 35.7. The molecule has 0 aromatic carbocycles. The molecule has 0 aromatic heterocycles. The van der Waals surface area contributed by atoms with Gasteiger partial charge >= 0.3 is 0 Å². The fourth-order valence-corrected chi connectivity index (χ4v) is 6.86. The molecule has 2 heteroatoms. The van der Waals surface area contributed by atoms with Crippen LogP contribution in [-0.4, -0.2) is 49.1 Å². The van der Waals surface area contributed by atoms with Crippen molar-refractivity contribution in [3.05, 3.63) is 0 Å². The Morgan fingerprint density at radius 1 is 0.250 bits per heavy atom. The highest BCUT2D eigenvalue weighted by molar-refractivity contribution is 4.62. The fraction of sp³-hybridized carbons (Fsp3) is 1.00. The zero-order chi connectivity index (χ0) is 35.9. The Bertz CT molecular complexity index is 497. The highest BCUT2D eigenvalue weighted by Crippen LogP contribution is 2.14. The van der Waals surface area contributed by atoms with Crippen LogP contribution in [0.4, 0.5) is 0 Å². The Morgan fingerprint density at radius 2 is 0.438 bits per heavy atom. The van der Waals surface area contributed by atoms with Gasteiger partial charge in [0.15, 0.2) is 0 Å². The van der Waals surface area contributed by atoms with Crippen molar-refractivity contribution >= 4 is 0 Å². The molecule has 0 saturated heterocycles. The number of nitrogens with zero attached hydrogens (tertiary/aromatic N) is 2. The molecule has 0 bridgehead atoms. The topological polar surface area (TPSA) is 6.48 Å². The van der Waals surface area contributed by atoms with Crippen molar-refractivity contribution in [3.8, 4) is 0 Å². The minimum atomic E-state index is 0.873. The summed E-state index contributed by atoms with van der Waals surface area (Å²) >= 11 is 0. The van der Waals surface area contributed by atoms with Crippen LogP contribution in [0, 0.1) is 17.8 Å². The van der Waals surface area contributed by atoms with Gasteiger partial charge < -0.3 is 9.80 Å². The van der Waals surface area contributed by atoms with Crippen molar-refractivity contribution in [1.82, 2.24) is 9.80 Å². The van der Waals surface area contributed by atoms with Crippen molar-refractivity contribution < 1.29 is 0 Å². The molecule has 0 aromatic rings. The van der Waals surface area contributed by atoms with E-state index in [-0.39, 0.29) is 0 Å². The van der Waals surface area contributed by atoms with E-state index in [0.29, 0.717) is 0 Å².